The molecule has 0 bridgehead atoms. The van der Waals surface area contributed by atoms with Gasteiger partial charge in [0.15, 0.2) is 0 Å². The molecule has 0 unspecified atom stereocenters. The van der Waals surface area contributed by atoms with Crippen LogP contribution in [0.3, 0.4) is 0 Å². The van der Waals surface area contributed by atoms with Gasteiger partial charge in [0.05, 0.1) is 5.03 Å². The molecule has 0 heterocycles. The van der Waals surface area contributed by atoms with Crippen molar-refractivity contribution in [2.45, 2.75) is 13.8 Å². The first-order chi connectivity index (χ1) is 5.56. The van der Waals surface area contributed by atoms with Crippen LogP contribution < -0.4 is 10.8 Å². The number of hydrogen-bond acceptors (Lipinski definition) is 3. The van der Waals surface area contributed by atoms with E-state index >= 15 is 0 Å². The highest BCUT2D eigenvalue weighted by Crippen LogP contribution is 2.11. The number of amides is 1. The summed E-state index contributed by atoms with van der Waals surface area (Å²) in [5.41, 5.74) is 1.71. The van der Waals surface area contributed by atoms with Crippen molar-refractivity contribution in [1.29, 1.82) is 0 Å². The molecule has 0 spiro atoms. The predicted octanol–water partition coefficient (Wildman–Crippen LogP) is 0.141. The van der Waals surface area contributed by atoms with Crippen LogP contribution in [0.5, 0.6) is 0 Å². The van der Waals surface area contributed by atoms with Gasteiger partial charge in [-0.1, -0.05) is 18.3 Å². The first kappa shape index (κ1) is 11.2. The molecule has 0 saturated carbocycles. The van der Waals surface area contributed by atoms with Gasteiger partial charge < -0.3 is 5.32 Å². The summed E-state index contributed by atoms with van der Waals surface area (Å²) in [6.45, 7) is 6.75. The van der Waals surface area contributed by atoms with Crippen molar-refractivity contribution in [1.82, 2.24) is 5.32 Å². The van der Waals surface area contributed by atoms with E-state index in [1.165, 1.54) is 18.7 Å². The monoisotopic (exact) mass is 189 g/mol. The first-order valence-corrected chi connectivity index (χ1v) is 4.21. The van der Waals surface area contributed by atoms with Gasteiger partial charge in [-0.15, -0.1) is 0 Å². The topological polar surface area (TPSA) is 65.9 Å². The van der Waals surface area contributed by atoms with Gasteiger partial charge in [-0.2, -0.15) is 5.48 Å². The summed E-state index contributed by atoms with van der Waals surface area (Å²) in [6.07, 6.45) is 0. The van der Waals surface area contributed by atoms with Gasteiger partial charge in [0.1, 0.15) is 5.70 Å². The second-order valence-corrected chi connectivity index (χ2v) is 3.18. The van der Waals surface area contributed by atoms with Gasteiger partial charge in [-0.3, -0.25) is 4.79 Å². The number of quaternary nitrogens is 1. The maximum atomic E-state index is 10.5. The first-order valence-electron chi connectivity index (χ1n) is 3.33. The number of hydrogen-bond donors (Lipinski definition) is 3. The van der Waals surface area contributed by atoms with E-state index in [1.807, 2.05) is 0 Å². The fourth-order valence-electron chi connectivity index (χ4n) is 0.420. The summed E-state index contributed by atoms with van der Waals surface area (Å²) < 4.78 is 0. The van der Waals surface area contributed by atoms with E-state index in [1.54, 1.807) is 12.3 Å². The Balaban J connectivity index is 3.78. The lowest BCUT2D eigenvalue weighted by atomic mass is 10.6. The maximum Gasteiger partial charge on any atom is 0.221 e. The number of hydroxylamine groups is 1. The number of nitrogens with two attached hydrogens (primary N) is 1. The van der Waals surface area contributed by atoms with Crippen molar-refractivity contribution < 1.29 is 15.5 Å². The van der Waals surface area contributed by atoms with Crippen molar-refractivity contribution in [3.8, 4) is 0 Å². The summed E-state index contributed by atoms with van der Waals surface area (Å²) in [5.74, 6) is -0.147. The zero-order chi connectivity index (χ0) is 9.56. The Labute approximate surface area is 75.7 Å². The normalized spacial score (nSPS) is 11.1. The molecule has 0 aromatic heterocycles. The van der Waals surface area contributed by atoms with E-state index in [4.69, 9.17) is 5.21 Å². The molecule has 0 aromatic rings. The minimum absolute atomic E-state index is 0.147. The Morgan fingerprint density at radius 3 is 2.67 bits per heavy atom. The highest BCUT2D eigenvalue weighted by Gasteiger charge is 1.96. The second kappa shape index (κ2) is 5.82. The molecule has 0 radical (unpaired) electrons. The quantitative estimate of drug-likeness (QED) is 0.551. The second-order valence-electron chi connectivity index (χ2n) is 2.21. The zero-order valence-corrected chi connectivity index (χ0v) is 7.94. The fraction of sp³-hybridized carbons (Fsp3) is 0.286. The molecule has 68 valence electrons. The van der Waals surface area contributed by atoms with Crippen LogP contribution in [0.2, 0.25) is 0 Å². The van der Waals surface area contributed by atoms with Crippen molar-refractivity contribution in [3.63, 3.8) is 0 Å². The number of allylic oxidation sites excluding steroid dienone is 1. The standard InChI is InChI=1S/C7H12N2O2S/c1-5(9-11)4-12-7(3)8-6(2)10/h4,9,11H,3H2,1-2H3,(H,8,10)/p+1/b5-4-. The van der Waals surface area contributed by atoms with Crippen molar-refractivity contribution >= 4 is 17.7 Å². The van der Waals surface area contributed by atoms with Gasteiger partial charge in [0, 0.05) is 19.3 Å². The summed E-state index contributed by atoms with van der Waals surface area (Å²) >= 11 is 1.26. The molecule has 0 aromatic carbocycles. The van der Waals surface area contributed by atoms with Crippen LogP contribution in [0.4, 0.5) is 0 Å². The number of carbonyl (C=O) groups excluding carboxylic acids is 1. The van der Waals surface area contributed by atoms with Crippen LogP contribution in [0.1, 0.15) is 13.8 Å². The molecule has 12 heavy (non-hydrogen) atoms. The third-order valence-corrected chi connectivity index (χ3v) is 1.78. The molecule has 0 rings (SSSR count). The zero-order valence-electron chi connectivity index (χ0n) is 7.13. The molecule has 1 amide bonds. The van der Waals surface area contributed by atoms with Crippen molar-refractivity contribution in [2.24, 2.45) is 0 Å². The summed E-state index contributed by atoms with van der Waals surface area (Å²) in [7, 11) is 0. The molecule has 0 saturated heterocycles. The average Bonchev–Trinajstić information content (AvgIpc) is 1.99. The third kappa shape index (κ3) is 5.96. The lowest BCUT2D eigenvalue weighted by Crippen LogP contribution is -2.77. The van der Waals surface area contributed by atoms with Crippen LogP contribution in [0.25, 0.3) is 0 Å². The Kier molecular flexibility index (Phi) is 5.44. The van der Waals surface area contributed by atoms with E-state index in [2.05, 4.69) is 11.9 Å². The highest BCUT2D eigenvalue weighted by molar-refractivity contribution is 8.05. The maximum absolute atomic E-state index is 10.5. The van der Waals surface area contributed by atoms with Crippen LogP contribution in [-0.2, 0) is 4.79 Å². The molecule has 4 nitrogen and oxygen atoms in total. The predicted molar refractivity (Wildman–Crippen MR) is 48.0 cm³/mol. The molecule has 0 aliphatic rings. The van der Waals surface area contributed by atoms with E-state index < -0.39 is 0 Å². The molecule has 5 heteroatoms. The Morgan fingerprint density at radius 1 is 1.67 bits per heavy atom. The van der Waals surface area contributed by atoms with E-state index in [0.717, 1.165) is 5.48 Å². The van der Waals surface area contributed by atoms with E-state index in [0.29, 0.717) is 10.7 Å². The van der Waals surface area contributed by atoms with Crippen LogP contribution in [0, 0.1) is 0 Å². The Hall–Kier alpha value is -0.780. The molecule has 0 aliphatic carbocycles. The SMILES string of the molecule is C=C(NC(C)=O)S/C=C(/C)[NH2+]O. The number of nitrogens with one attached hydrogen (secondary N) is 1. The Bertz CT molecular complexity index is 213. The van der Waals surface area contributed by atoms with Crippen LogP contribution in [-0.4, -0.2) is 11.1 Å². The van der Waals surface area contributed by atoms with Crippen molar-refractivity contribution in [2.75, 3.05) is 0 Å². The lowest BCUT2D eigenvalue weighted by molar-refractivity contribution is -0.850. The van der Waals surface area contributed by atoms with Gasteiger partial charge in [0.25, 0.3) is 0 Å². The smallest absolute Gasteiger partial charge is 0.221 e. The van der Waals surface area contributed by atoms with E-state index in [-0.39, 0.29) is 5.91 Å². The van der Waals surface area contributed by atoms with Crippen LogP contribution in [0.15, 0.2) is 22.7 Å². The summed E-state index contributed by atoms with van der Waals surface area (Å²) in [5, 5.41) is 13.3. The third-order valence-electron chi connectivity index (χ3n) is 0.906. The molecule has 0 atom stereocenters. The van der Waals surface area contributed by atoms with Gasteiger partial charge in [0.2, 0.25) is 5.91 Å². The summed E-state index contributed by atoms with van der Waals surface area (Å²) in [6, 6.07) is 0. The molecular formula is C7H13N2O2S+. The van der Waals surface area contributed by atoms with Crippen LogP contribution >= 0.6 is 11.8 Å². The van der Waals surface area contributed by atoms with Gasteiger partial charge >= 0.3 is 0 Å². The Morgan fingerprint density at radius 2 is 2.25 bits per heavy atom. The molecule has 0 fully saturated rings. The number of thioether (sulfide) groups is 1. The lowest BCUT2D eigenvalue weighted by Gasteiger charge is -2.00. The number of carbonyl (C=O) groups is 1. The van der Waals surface area contributed by atoms with E-state index in [9.17, 15) is 4.79 Å². The number of rotatable bonds is 4. The van der Waals surface area contributed by atoms with Crippen molar-refractivity contribution in [3.05, 3.63) is 22.7 Å². The molecule has 0 aliphatic heterocycles. The minimum Gasteiger partial charge on any atom is -0.321 e. The summed E-state index contributed by atoms with van der Waals surface area (Å²) in [4.78, 5) is 10.5. The average molecular weight is 189 g/mol. The largest absolute Gasteiger partial charge is 0.321 e. The highest BCUT2D eigenvalue weighted by atomic mass is 32.2. The molecule has 4 N–H and O–H groups in total. The van der Waals surface area contributed by atoms with Gasteiger partial charge in [-0.25, -0.2) is 5.21 Å². The minimum atomic E-state index is -0.147. The fourth-order valence-corrected chi connectivity index (χ4v) is 1.01. The molecular weight excluding hydrogens is 176 g/mol. The van der Waals surface area contributed by atoms with Gasteiger partial charge in [-0.05, 0) is 0 Å².